The number of hydrogen-bond acceptors (Lipinski definition) is 5. The van der Waals surface area contributed by atoms with Crippen molar-refractivity contribution in [2.24, 2.45) is 0 Å². The smallest absolute Gasteiger partial charge is 0.345 e. The molecule has 3 aromatic rings. The maximum absolute atomic E-state index is 12.8. The Hall–Kier alpha value is -2.49. The van der Waals surface area contributed by atoms with E-state index in [-0.39, 0.29) is 17.4 Å². The number of carbonyl (C=O) groups excluding carboxylic acids is 1. The number of halogens is 3. The van der Waals surface area contributed by atoms with Gasteiger partial charge in [0.2, 0.25) is 4.96 Å². The molecule has 132 valence electrons. The van der Waals surface area contributed by atoms with Gasteiger partial charge in [0.25, 0.3) is 11.7 Å². The maximum Gasteiger partial charge on any atom is 0.453 e. The van der Waals surface area contributed by atoms with Crippen LogP contribution in [0, 0.1) is 0 Å². The third kappa shape index (κ3) is 3.63. The van der Waals surface area contributed by atoms with E-state index in [2.05, 4.69) is 34.5 Å². The van der Waals surface area contributed by atoms with Crippen LogP contribution in [0.25, 0.3) is 4.96 Å². The van der Waals surface area contributed by atoms with Gasteiger partial charge in [-0.05, 0) is 23.6 Å². The van der Waals surface area contributed by atoms with E-state index in [9.17, 15) is 18.0 Å². The normalized spacial score (nSPS) is 12.1. The van der Waals surface area contributed by atoms with Gasteiger partial charge in [-0.3, -0.25) is 4.79 Å². The first-order chi connectivity index (χ1) is 11.8. The highest BCUT2D eigenvalue weighted by Crippen LogP contribution is 2.28. The summed E-state index contributed by atoms with van der Waals surface area (Å²) in [4.78, 5) is 12.2. The second kappa shape index (κ2) is 6.43. The zero-order chi connectivity index (χ0) is 18.2. The van der Waals surface area contributed by atoms with Crippen LogP contribution >= 0.6 is 11.3 Å². The van der Waals surface area contributed by atoms with Crippen molar-refractivity contribution in [1.82, 2.24) is 25.1 Å². The van der Waals surface area contributed by atoms with Gasteiger partial charge in [0.05, 0.1) is 6.54 Å². The summed E-state index contributed by atoms with van der Waals surface area (Å²) in [7, 11) is 0. The summed E-state index contributed by atoms with van der Waals surface area (Å²) in [6, 6.07) is 7.17. The minimum atomic E-state index is -4.63. The molecule has 0 bridgehead atoms. The van der Waals surface area contributed by atoms with Crippen molar-refractivity contribution in [3.05, 3.63) is 46.2 Å². The Balaban J connectivity index is 1.70. The van der Waals surface area contributed by atoms with E-state index in [0.29, 0.717) is 21.0 Å². The average molecular weight is 369 g/mol. The number of aromatic nitrogens is 4. The lowest BCUT2D eigenvalue weighted by Crippen LogP contribution is -2.23. The summed E-state index contributed by atoms with van der Waals surface area (Å²) in [5.74, 6) is -1.14. The van der Waals surface area contributed by atoms with Crippen molar-refractivity contribution < 1.29 is 18.0 Å². The summed E-state index contributed by atoms with van der Waals surface area (Å²) in [6.45, 7) is 4.12. The van der Waals surface area contributed by atoms with E-state index in [1.807, 2.05) is 12.1 Å². The molecule has 6 nitrogen and oxygen atoms in total. The fourth-order valence-corrected chi connectivity index (χ4v) is 2.96. The molecule has 2 aromatic heterocycles. The van der Waals surface area contributed by atoms with E-state index in [1.54, 1.807) is 12.1 Å². The van der Waals surface area contributed by atoms with Crippen LogP contribution in [0.4, 0.5) is 13.2 Å². The molecule has 0 atom stereocenters. The molecule has 0 saturated heterocycles. The molecule has 0 unspecified atom stereocenters. The molecule has 1 aromatic carbocycles. The Morgan fingerprint density at radius 1 is 1.24 bits per heavy atom. The first-order valence-electron chi connectivity index (χ1n) is 7.42. The predicted octanol–water partition coefficient (Wildman–Crippen LogP) is 3.26. The van der Waals surface area contributed by atoms with Crippen LogP contribution in [0.1, 0.15) is 46.5 Å². The summed E-state index contributed by atoms with van der Waals surface area (Å²) >= 11 is 0.941. The largest absolute Gasteiger partial charge is 0.453 e. The van der Waals surface area contributed by atoms with Crippen molar-refractivity contribution >= 4 is 22.2 Å². The minimum absolute atomic E-state index is 0.0100. The molecule has 0 aliphatic rings. The first-order valence-corrected chi connectivity index (χ1v) is 8.24. The Morgan fingerprint density at radius 2 is 1.92 bits per heavy atom. The molecule has 25 heavy (non-hydrogen) atoms. The number of hydrogen-bond donors (Lipinski definition) is 1. The van der Waals surface area contributed by atoms with Crippen LogP contribution in [0.5, 0.6) is 0 Å². The van der Waals surface area contributed by atoms with Crippen molar-refractivity contribution in [3.8, 4) is 0 Å². The van der Waals surface area contributed by atoms with Gasteiger partial charge in [-0.1, -0.05) is 37.3 Å². The second-order valence-corrected chi connectivity index (χ2v) is 6.71. The molecule has 3 rings (SSSR count). The SMILES string of the molecule is CC(C)c1ccc(C(=O)NCc2nn3c(C(F)(F)F)nnc3s2)cc1. The molecule has 1 N–H and O–H groups in total. The van der Waals surface area contributed by atoms with E-state index >= 15 is 0 Å². The van der Waals surface area contributed by atoms with Crippen LogP contribution in [0.3, 0.4) is 0 Å². The highest BCUT2D eigenvalue weighted by atomic mass is 32.1. The third-order valence-electron chi connectivity index (χ3n) is 3.53. The van der Waals surface area contributed by atoms with E-state index in [1.165, 1.54) is 0 Å². The molecule has 0 fully saturated rings. The zero-order valence-corrected chi connectivity index (χ0v) is 14.1. The highest BCUT2D eigenvalue weighted by molar-refractivity contribution is 7.16. The predicted molar refractivity (Wildman–Crippen MR) is 85.4 cm³/mol. The Labute approximate surface area is 144 Å². The topological polar surface area (TPSA) is 72.2 Å². The van der Waals surface area contributed by atoms with E-state index < -0.39 is 12.0 Å². The van der Waals surface area contributed by atoms with Gasteiger partial charge in [-0.15, -0.1) is 10.2 Å². The van der Waals surface area contributed by atoms with Crippen LogP contribution in [0.15, 0.2) is 24.3 Å². The highest BCUT2D eigenvalue weighted by Gasteiger charge is 2.38. The molecule has 1 amide bonds. The summed E-state index contributed by atoms with van der Waals surface area (Å²) in [5.41, 5.74) is 1.59. The Morgan fingerprint density at radius 3 is 2.52 bits per heavy atom. The van der Waals surface area contributed by atoms with Crippen molar-refractivity contribution in [1.29, 1.82) is 0 Å². The number of benzene rings is 1. The number of amides is 1. The van der Waals surface area contributed by atoms with Crippen LogP contribution in [0.2, 0.25) is 0 Å². The molecule has 0 spiro atoms. The summed E-state index contributed by atoms with van der Waals surface area (Å²) in [6.07, 6.45) is -4.63. The van der Waals surface area contributed by atoms with Crippen LogP contribution in [-0.2, 0) is 12.7 Å². The number of nitrogens with one attached hydrogen (secondary N) is 1. The fraction of sp³-hybridized carbons (Fsp3) is 0.333. The van der Waals surface area contributed by atoms with Crippen LogP contribution in [-0.4, -0.2) is 25.7 Å². The molecule has 2 heterocycles. The first kappa shape index (κ1) is 17.3. The molecular formula is C15H14F3N5OS. The van der Waals surface area contributed by atoms with Gasteiger partial charge >= 0.3 is 6.18 Å². The van der Waals surface area contributed by atoms with Gasteiger partial charge < -0.3 is 5.32 Å². The van der Waals surface area contributed by atoms with Crippen molar-refractivity contribution in [2.75, 3.05) is 0 Å². The molecule has 0 saturated carbocycles. The van der Waals surface area contributed by atoms with Crippen molar-refractivity contribution in [3.63, 3.8) is 0 Å². The fourth-order valence-electron chi connectivity index (χ4n) is 2.18. The molecular weight excluding hydrogens is 355 g/mol. The van der Waals surface area contributed by atoms with E-state index in [0.717, 1.165) is 16.9 Å². The Kier molecular flexibility index (Phi) is 4.46. The van der Waals surface area contributed by atoms with Gasteiger partial charge in [0.15, 0.2) is 0 Å². The maximum atomic E-state index is 12.8. The van der Waals surface area contributed by atoms with E-state index in [4.69, 9.17) is 0 Å². The summed E-state index contributed by atoms with van der Waals surface area (Å²) < 4.78 is 38.9. The lowest BCUT2D eigenvalue weighted by molar-refractivity contribution is -0.146. The van der Waals surface area contributed by atoms with Crippen LogP contribution < -0.4 is 5.32 Å². The quantitative estimate of drug-likeness (QED) is 0.766. The lowest BCUT2D eigenvalue weighted by Gasteiger charge is -2.07. The number of alkyl halides is 3. The van der Waals surface area contributed by atoms with Gasteiger partial charge in [-0.2, -0.15) is 22.8 Å². The third-order valence-corrected chi connectivity index (χ3v) is 4.42. The molecule has 0 aliphatic heterocycles. The molecule has 10 heteroatoms. The monoisotopic (exact) mass is 369 g/mol. The number of carbonyl (C=O) groups is 1. The minimum Gasteiger partial charge on any atom is -0.345 e. The number of fused-ring (bicyclic) bond motifs is 1. The standard InChI is InChI=1S/C15H14F3N5OS/c1-8(2)9-3-5-10(6-4-9)12(24)19-7-11-22-23-13(15(16,17)18)20-21-14(23)25-11/h3-6,8H,7H2,1-2H3,(H,19,24). The molecule has 0 radical (unpaired) electrons. The Bertz CT molecular complexity index is 898. The summed E-state index contributed by atoms with van der Waals surface area (Å²) in [5, 5.41) is 13.3. The number of rotatable bonds is 4. The second-order valence-electron chi connectivity index (χ2n) is 5.67. The molecule has 0 aliphatic carbocycles. The number of nitrogens with zero attached hydrogens (tertiary/aromatic N) is 4. The zero-order valence-electron chi connectivity index (χ0n) is 13.3. The average Bonchev–Trinajstić information content (AvgIpc) is 3.11. The van der Waals surface area contributed by atoms with Gasteiger partial charge in [-0.25, -0.2) is 0 Å². The van der Waals surface area contributed by atoms with Crippen molar-refractivity contribution in [2.45, 2.75) is 32.5 Å². The van der Waals surface area contributed by atoms with Gasteiger partial charge in [0.1, 0.15) is 5.01 Å². The lowest BCUT2D eigenvalue weighted by atomic mass is 10.0. The van der Waals surface area contributed by atoms with Gasteiger partial charge in [0, 0.05) is 5.56 Å².